The predicted molar refractivity (Wildman–Crippen MR) is 135 cm³/mol. The van der Waals surface area contributed by atoms with Crippen molar-refractivity contribution in [1.82, 2.24) is 10.3 Å². The van der Waals surface area contributed by atoms with E-state index in [1.807, 2.05) is 24.3 Å². The van der Waals surface area contributed by atoms with Crippen LogP contribution in [0.1, 0.15) is 56.5 Å². The number of hydrogen-bond donors (Lipinski definition) is 3. The van der Waals surface area contributed by atoms with E-state index < -0.39 is 34.9 Å². The van der Waals surface area contributed by atoms with Crippen molar-refractivity contribution >= 4 is 29.7 Å². The molecule has 9 nitrogen and oxygen atoms in total. The van der Waals surface area contributed by atoms with Gasteiger partial charge in [0.2, 0.25) is 5.91 Å². The molecule has 0 spiro atoms. The van der Waals surface area contributed by atoms with Crippen LogP contribution in [0.5, 0.6) is 5.75 Å². The number of rotatable bonds is 13. The van der Waals surface area contributed by atoms with Crippen molar-refractivity contribution < 1.29 is 33.7 Å². The van der Waals surface area contributed by atoms with Gasteiger partial charge in [-0.1, -0.05) is 51.6 Å². The van der Waals surface area contributed by atoms with E-state index in [0.29, 0.717) is 24.3 Å². The van der Waals surface area contributed by atoms with Crippen LogP contribution in [0.25, 0.3) is 0 Å². The maximum Gasteiger partial charge on any atom is 0.303 e. The molecule has 1 aliphatic heterocycles. The molecule has 1 aromatic carbocycles. The highest BCUT2D eigenvalue weighted by atomic mass is 32.1. The number of carbonyl (C=O) groups is 3. The fraction of sp³-hybridized carbons (Fsp3) is 0.462. The molecule has 3 rings (SSSR count). The fourth-order valence-electron chi connectivity index (χ4n) is 3.64. The molecule has 10 heteroatoms. The lowest BCUT2D eigenvalue weighted by Gasteiger charge is -2.23. The van der Waals surface area contributed by atoms with Crippen molar-refractivity contribution in [2.45, 2.75) is 65.0 Å². The van der Waals surface area contributed by atoms with E-state index in [2.05, 4.69) is 29.9 Å². The smallest absolute Gasteiger partial charge is 0.303 e. The number of amides is 2. The van der Waals surface area contributed by atoms with E-state index in [4.69, 9.17) is 19.3 Å². The molecular weight excluding hydrogens is 484 g/mol. The summed E-state index contributed by atoms with van der Waals surface area (Å²) in [5, 5.41) is 10.4. The third-order valence-corrected chi connectivity index (χ3v) is 5.98. The normalized spacial score (nSPS) is 17.8. The van der Waals surface area contributed by atoms with Crippen LogP contribution in [0, 0.1) is 5.41 Å². The van der Waals surface area contributed by atoms with Gasteiger partial charge in [-0.25, -0.2) is 0 Å². The van der Waals surface area contributed by atoms with Crippen molar-refractivity contribution in [1.29, 1.82) is 0 Å². The number of aliphatic carboxylic acids is 1. The summed E-state index contributed by atoms with van der Waals surface area (Å²) >= 11 is 3.60. The number of imide groups is 1. The van der Waals surface area contributed by atoms with Gasteiger partial charge in [0.25, 0.3) is 5.24 Å². The molecule has 0 saturated carbocycles. The predicted octanol–water partition coefficient (Wildman–Crippen LogP) is 4.11. The van der Waals surface area contributed by atoms with Crippen LogP contribution in [0.15, 0.2) is 42.6 Å². The van der Waals surface area contributed by atoms with E-state index in [9.17, 15) is 14.4 Å². The lowest BCUT2D eigenvalue weighted by Crippen LogP contribution is -2.39. The first-order valence-corrected chi connectivity index (χ1v) is 12.3. The van der Waals surface area contributed by atoms with Crippen LogP contribution in [0.2, 0.25) is 0 Å². The minimum atomic E-state index is -0.872. The van der Waals surface area contributed by atoms with Crippen LogP contribution in [-0.2, 0) is 31.9 Å². The standard InChI is InChI=1S/C26H32N2O7S/c1-4-16-7-10-19(27-14-16)21(35-23-20(34-23)11-12-22(29)30)15-33-18-8-5-17(6-9-18)13-26(2,3)24(31)28-25(32)36/h5-10,14,20-21,23H,4,11-13,15H2,1-3H3,(H,29,30)(H2,28,31,32,36)/t20?,21-,23?/m1/s1. The zero-order valence-corrected chi connectivity index (χ0v) is 21.5. The van der Waals surface area contributed by atoms with Crippen molar-refractivity contribution in [3.63, 3.8) is 0 Å². The minimum Gasteiger partial charge on any atom is -0.490 e. The molecule has 2 aromatic rings. The lowest BCUT2D eigenvalue weighted by atomic mass is 9.85. The molecule has 0 bridgehead atoms. The number of carboxylic acid groups (broad SMARTS) is 1. The van der Waals surface area contributed by atoms with Gasteiger partial charge < -0.3 is 19.3 Å². The van der Waals surface area contributed by atoms with E-state index in [1.165, 1.54) is 0 Å². The number of aromatic nitrogens is 1. The molecule has 2 amide bonds. The Labute approximate surface area is 216 Å². The summed E-state index contributed by atoms with van der Waals surface area (Å²) in [6.45, 7) is 5.75. The second-order valence-electron chi connectivity index (χ2n) is 9.32. The third kappa shape index (κ3) is 8.32. The highest BCUT2D eigenvalue weighted by Gasteiger charge is 2.42. The average molecular weight is 517 g/mol. The summed E-state index contributed by atoms with van der Waals surface area (Å²) in [5.74, 6) is -0.651. The number of pyridine rings is 1. The fourth-order valence-corrected chi connectivity index (χ4v) is 3.74. The number of carbonyl (C=O) groups excluding carboxylic acids is 2. The average Bonchev–Trinajstić information content (AvgIpc) is 3.58. The summed E-state index contributed by atoms with van der Waals surface area (Å²) in [7, 11) is 0. The molecule has 1 saturated heterocycles. The number of epoxide rings is 1. The topological polar surface area (TPSA) is 127 Å². The summed E-state index contributed by atoms with van der Waals surface area (Å²) in [6, 6.07) is 11.2. The maximum absolute atomic E-state index is 12.2. The first-order chi connectivity index (χ1) is 17.1. The number of hydrogen-bond acceptors (Lipinski definition) is 7. The molecule has 2 N–H and O–H groups in total. The Morgan fingerprint density at radius 3 is 2.44 bits per heavy atom. The molecule has 3 atom stereocenters. The number of aryl methyl sites for hydroxylation is 1. The molecule has 36 heavy (non-hydrogen) atoms. The number of thiol groups is 1. The second kappa shape index (κ2) is 12.3. The number of ether oxygens (including phenoxy) is 3. The molecule has 0 radical (unpaired) electrons. The van der Waals surface area contributed by atoms with E-state index in [0.717, 1.165) is 17.5 Å². The molecule has 2 heterocycles. The van der Waals surface area contributed by atoms with Gasteiger partial charge in [0.05, 0.1) is 5.69 Å². The second-order valence-corrected chi connectivity index (χ2v) is 9.73. The zero-order valence-electron chi connectivity index (χ0n) is 20.6. The Balaban J connectivity index is 1.61. The Hall–Kier alpha value is -2.95. The van der Waals surface area contributed by atoms with Gasteiger partial charge in [0.15, 0.2) is 6.29 Å². The zero-order chi connectivity index (χ0) is 26.3. The Kier molecular flexibility index (Phi) is 9.47. The molecule has 194 valence electrons. The first kappa shape index (κ1) is 27.6. The van der Waals surface area contributed by atoms with Gasteiger partial charge in [-0.2, -0.15) is 0 Å². The molecular formula is C26H32N2O7S. The quantitative estimate of drug-likeness (QED) is 0.268. The first-order valence-electron chi connectivity index (χ1n) is 11.8. The van der Waals surface area contributed by atoms with Gasteiger partial charge in [-0.3, -0.25) is 24.7 Å². The monoisotopic (exact) mass is 516 g/mol. The number of nitrogens with one attached hydrogen (secondary N) is 1. The van der Waals surface area contributed by atoms with E-state index in [1.54, 1.807) is 32.2 Å². The number of carboxylic acids is 1. The van der Waals surface area contributed by atoms with Crippen molar-refractivity contribution in [2.24, 2.45) is 5.41 Å². The van der Waals surface area contributed by atoms with E-state index in [-0.39, 0.29) is 19.1 Å². The molecule has 1 aliphatic rings. The van der Waals surface area contributed by atoms with Crippen LogP contribution in [0.3, 0.4) is 0 Å². The summed E-state index contributed by atoms with van der Waals surface area (Å²) in [6.07, 6.45) is 2.25. The summed E-state index contributed by atoms with van der Waals surface area (Å²) in [4.78, 5) is 38.6. The minimum absolute atomic E-state index is 0.0188. The van der Waals surface area contributed by atoms with E-state index >= 15 is 0 Å². The van der Waals surface area contributed by atoms with Crippen molar-refractivity contribution in [3.8, 4) is 5.75 Å². The van der Waals surface area contributed by atoms with Crippen LogP contribution >= 0.6 is 12.6 Å². The molecule has 0 aliphatic carbocycles. The number of nitrogens with zero attached hydrogens (tertiary/aromatic N) is 1. The van der Waals surface area contributed by atoms with Crippen LogP contribution < -0.4 is 10.1 Å². The summed E-state index contributed by atoms with van der Waals surface area (Å²) in [5.41, 5.74) is 1.91. The SMILES string of the molecule is CCc1ccc([C@@H](COc2ccc(CC(C)(C)C(=O)NC(=O)S)cc2)OC2OC2CCC(=O)O)nc1. The van der Waals surface area contributed by atoms with Gasteiger partial charge in [-0.05, 0) is 48.6 Å². The Morgan fingerprint density at radius 2 is 1.86 bits per heavy atom. The Morgan fingerprint density at radius 1 is 1.17 bits per heavy atom. The molecule has 2 unspecified atom stereocenters. The molecule has 1 aromatic heterocycles. The van der Waals surface area contributed by atoms with Gasteiger partial charge in [0.1, 0.15) is 24.6 Å². The van der Waals surface area contributed by atoms with Gasteiger partial charge in [0, 0.05) is 18.0 Å². The molecule has 1 fully saturated rings. The highest BCUT2D eigenvalue weighted by molar-refractivity contribution is 7.96. The summed E-state index contributed by atoms with van der Waals surface area (Å²) < 4.78 is 17.5. The van der Waals surface area contributed by atoms with Crippen molar-refractivity contribution in [2.75, 3.05) is 6.61 Å². The lowest BCUT2D eigenvalue weighted by molar-refractivity contribution is -0.137. The highest BCUT2D eigenvalue weighted by Crippen LogP contribution is 2.33. The van der Waals surface area contributed by atoms with Gasteiger partial charge in [-0.15, -0.1) is 0 Å². The number of benzene rings is 1. The van der Waals surface area contributed by atoms with Crippen LogP contribution in [0.4, 0.5) is 4.79 Å². The van der Waals surface area contributed by atoms with Crippen molar-refractivity contribution in [3.05, 3.63) is 59.4 Å². The van der Waals surface area contributed by atoms with Crippen LogP contribution in [-0.4, -0.2) is 46.2 Å². The maximum atomic E-state index is 12.2. The Bertz CT molecular complexity index is 1060. The largest absolute Gasteiger partial charge is 0.490 e. The third-order valence-electron chi connectivity index (χ3n) is 5.87. The van der Waals surface area contributed by atoms with Gasteiger partial charge >= 0.3 is 5.97 Å².